The Kier molecular flexibility index (Phi) is 3.44. The van der Waals surface area contributed by atoms with Gasteiger partial charge in [0.25, 0.3) is 0 Å². The smallest absolute Gasteiger partial charge is 0.134 e. The van der Waals surface area contributed by atoms with Gasteiger partial charge < -0.3 is 21.5 Å². The zero-order valence-electron chi connectivity index (χ0n) is 14.3. The molecule has 24 heavy (non-hydrogen) atoms. The van der Waals surface area contributed by atoms with E-state index < -0.39 is 0 Å². The third-order valence-corrected chi connectivity index (χ3v) is 5.13. The fourth-order valence-corrected chi connectivity index (χ4v) is 3.43. The quantitative estimate of drug-likeness (QED) is 0.673. The van der Waals surface area contributed by atoms with E-state index in [-0.39, 0.29) is 17.7 Å². The first-order chi connectivity index (χ1) is 11.4. The number of anilines is 2. The predicted molar refractivity (Wildman–Crippen MR) is 96.0 cm³/mol. The highest BCUT2D eigenvalue weighted by Gasteiger charge is 2.38. The number of nitrogens with two attached hydrogens (primary N) is 1. The molecule has 6 nitrogen and oxygen atoms in total. The molecular weight excluding hydrogens is 302 g/mol. The van der Waals surface area contributed by atoms with Gasteiger partial charge in [-0.2, -0.15) is 0 Å². The highest BCUT2D eigenvalue weighted by atomic mass is 16.3. The first-order valence-corrected chi connectivity index (χ1v) is 8.60. The zero-order chi connectivity index (χ0) is 16.9. The number of aliphatic hydroxyl groups excluding tert-OH is 1. The van der Waals surface area contributed by atoms with Crippen LogP contribution in [0.1, 0.15) is 45.2 Å². The van der Waals surface area contributed by atoms with Crippen molar-refractivity contribution >= 4 is 22.4 Å². The molecule has 128 valence electrons. The molecule has 0 saturated heterocycles. The average molecular weight is 327 g/mol. The van der Waals surface area contributed by atoms with Gasteiger partial charge in [0.05, 0.1) is 12.3 Å². The monoisotopic (exact) mass is 327 g/mol. The van der Waals surface area contributed by atoms with Gasteiger partial charge in [-0.1, -0.05) is 0 Å². The van der Waals surface area contributed by atoms with Crippen molar-refractivity contribution in [3.8, 4) is 0 Å². The van der Waals surface area contributed by atoms with E-state index in [4.69, 9.17) is 5.73 Å². The molecule has 2 heterocycles. The van der Waals surface area contributed by atoms with Crippen molar-refractivity contribution < 1.29 is 5.11 Å². The van der Waals surface area contributed by atoms with Crippen LogP contribution in [0.5, 0.6) is 0 Å². The maximum atomic E-state index is 9.46. The molecule has 0 spiro atoms. The van der Waals surface area contributed by atoms with E-state index in [1.54, 1.807) is 0 Å². The molecule has 2 aromatic rings. The molecule has 2 aromatic heterocycles. The third kappa shape index (κ3) is 3.03. The van der Waals surface area contributed by atoms with Crippen LogP contribution in [0, 0.1) is 0 Å². The zero-order valence-corrected chi connectivity index (χ0v) is 14.3. The lowest BCUT2D eigenvalue weighted by atomic mass is 9.75. The minimum Gasteiger partial charge on any atom is -0.390 e. The lowest BCUT2D eigenvalue weighted by molar-refractivity contribution is 0.248. The largest absolute Gasteiger partial charge is 0.390 e. The van der Waals surface area contributed by atoms with Crippen molar-refractivity contribution in [1.29, 1.82) is 0 Å². The van der Waals surface area contributed by atoms with Crippen LogP contribution in [0.4, 0.5) is 11.6 Å². The highest BCUT2D eigenvalue weighted by molar-refractivity contribution is 5.93. The second-order valence-corrected chi connectivity index (χ2v) is 8.00. The summed E-state index contributed by atoms with van der Waals surface area (Å²) >= 11 is 0. The summed E-state index contributed by atoms with van der Waals surface area (Å²) in [5, 5.41) is 18.5. The molecule has 2 aliphatic carbocycles. The first-order valence-electron chi connectivity index (χ1n) is 8.60. The van der Waals surface area contributed by atoms with E-state index in [0.717, 1.165) is 48.1 Å². The second-order valence-electron chi connectivity index (χ2n) is 8.00. The lowest BCUT2D eigenvalue weighted by Crippen LogP contribution is -2.54. The topological polar surface area (TPSA) is 96.1 Å². The van der Waals surface area contributed by atoms with E-state index >= 15 is 0 Å². The first kappa shape index (κ1) is 15.6. The van der Waals surface area contributed by atoms with E-state index in [9.17, 15) is 5.11 Å². The van der Waals surface area contributed by atoms with Gasteiger partial charge in [0, 0.05) is 34.1 Å². The van der Waals surface area contributed by atoms with Crippen LogP contribution in [0.2, 0.25) is 0 Å². The summed E-state index contributed by atoms with van der Waals surface area (Å²) in [6.45, 7) is 4.21. The van der Waals surface area contributed by atoms with Crippen LogP contribution < -0.4 is 16.4 Å². The van der Waals surface area contributed by atoms with Crippen molar-refractivity contribution in [2.45, 2.75) is 63.3 Å². The molecule has 2 fully saturated rings. The summed E-state index contributed by atoms with van der Waals surface area (Å²) in [6, 6.07) is 4.32. The van der Waals surface area contributed by atoms with Crippen LogP contribution >= 0.6 is 0 Å². The molecular formula is C18H25N5O. The molecule has 0 amide bonds. The fourth-order valence-electron chi connectivity index (χ4n) is 3.43. The van der Waals surface area contributed by atoms with Gasteiger partial charge in [0.1, 0.15) is 11.6 Å². The van der Waals surface area contributed by atoms with Gasteiger partial charge in [0.15, 0.2) is 0 Å². The molecule has 0 aliphatic heterocycles. The number of aliphatic hydroxyl groups is 1. The van der Waals surface area contributed by atoms with Crippen LogP contribution in [0.25, 0.3) is 10.8 Å². The maximum absolute atomic E-state index is 9.46. The summed E-state index contributed by atoms with van der Waals surface area (Å²) in [5.41, 5.74) is 6.82. The highest BCUT2D eigenvalue weighted by Crippen LogP contribution is 2.39. The van der Waals surface area contributed by atoms with Crippen LogP contribution in [0.15, 0.2) is 18.3 Å². The van der Waals surface area contributed by atoms with Gasteiger partial charge in [-0.25, -0.2) is 9.97 Å². The predicted octanol–water partition coefficient (Wildman–Crippen LogP) is 2.38. The van der Waals surface area contributed by atoms with Crippen molar-refractivity contribution in [3.63, 3.8) is 0 Å². The Balaban J connectivity index is 1.65. The number of hydrogen-bond donors (Lipinski definition) is 4. The van der Waals surface area contributed by atoms with Gasteiger partial charge in [-0.15, -0.1) is 0 Å². The number of pyridine rings is 2. The van der Waals surface area contributed by atoms with Crippen LogP contribution in [0.3, 0.4) is 0 Å². The van der Waals surface area contributed by atoms with Crippen molar-refractivity contribution in [1.82, 2.24) is 9.97 Å². The molecule has 4 rings (SSSR count). The van der Waals surface area contributed by atoms with Crippen LogP contribution in [-0.4, -0.2) is 32.2 Å². The second kappa shape index (κ2) is 5.29. The molecule has 0 unspecified atom stereocenters. The van der Waals surface area contributed by atoms with Gasteiger partial charge in [0.2, 0.25) is 0 Å². The van der Waals surface area contributed by atoms with Gasteiger partial charge in [-0.05, 0) is 51.7 Å². The van der Waals surface area contributed by atoms with E-state index in [1.165, 1.54) is 0 Å². The number of hydrogen-bond acceptors (Lipinski definition) is 6. The Labute approximate surface area is 141 Å². The van der Waals surface area contributed by atoms with Crippen molar-refractivity contribution in [2.75, 3.05) is 10.6 Å². The Morgan fingerprint density at radius 3 is 2.67 bits per heavy atom. The Morgan fingerprint density at radius 2 is 2.04 bits per heavy atom. The fraction of sp³-hybridized carbons (Fsp3) is 0.556. The minimum absolute atomic E-state index is 0.0562. The maximum Gasteiger partial charge on any atom is 0.134 e. The molecule has 2 aliphatic rings. The number of aromatic nitrogens is 2. The summed E-state index contributed by atoms with van der Waals surface area (Å²) < 4.78 is 0. The molecule has 5 N–H and O–H groups in total. The third-order valence-electron chi connectivity index (χ3n) is 5.13. The molecule has 0 bridgehead atoms. The number of nitrogens with zero attached hydrogens (tertiary/aromatic N) is 2. The summed E-state index contributed by atoms with van der Waals surface area (Å²) in [7, 11) is 0. The average Bonchev–Trinajstić information content (AvgIpc) is 3.23. The van der Waals surface area contributed by atoms with Crippen molar-refractivity contribution in [3.05, 3.63) is 24.0 Å². The number of rotatable bonds is 5. The molecule has 6 heteroatoms. The molecule has 0 aromatic carbocycles. The van der Waals surface area contributed by atoms with E-state index in [2.05, 4.69) is 34.4 Å². The molecule has 2 saturated carbocycles. The molecule has 0 radical (unpaired) electrons. The van der Waals surface area contributed by atoms with E-state index in [0.29, 0.717) is 11.7 Å². The summed E-state index contributed by atoms with van der Waals surface area (Å²) in [4.78, 5) is 9.10. The standard InChI is InChI=1S/C18H25N5O/c1-17(19)7-13(8-17)21-15-6-14-11(9-20-15)5-12(10-24)22-16(14)23-18(2)3-4-18/h5-6,9,13,24H,3-4,7-8,10,19H2,1-2H3,(H,20,21)(H,22,23). The summed E-state index contributed by atoms with van der Waals surface area (Å²) in [6.07, 6.45) is 6.05. The number of fused-ring (bicyclic) bond motifs is 1. The Bertz CT molecular complexity index is 776. The van der Waals surface area contributed by atoms with Crippen LogP contribution in [-0.2, 0) is 6.61 Å². The SMILES string of the molecule is CC1(N)CC(Nc2cc3c(NC4(C)CC4)nc(CO)cc3cn2)C1. The van der Waals surface area contributed by atoms with E-state index in [1.807, 2.05) is 18.3 Å². The van der Waals surface area contributed by atoms with Gasteiger partial charge in [-0.3, -0.25) is 0 Å². The summed E-state index contributed by atoms with van der Waals surface area (Å²) in [5.74, 6) is 1.69. The molecule has 0 atom stereocenters. The lowest BCUT2D eigenvalue weighted by Gasteiger charge is -2.42. The Hall–Kier alpha value is -1.92. The minimum atomic E-state index is -0.0709. The van der Waals surface area contributed by atoms with Gasteiger partial charge >= 0.3 is 0 Å². The normalized spacial score (nSPS) is 27.6. The van der Waals surface area contributed by atoms with Crippen molar-refractivity contribution in [2.24, 2.45) is 5.73 Å². The number of nitrogens with one attached hydrogen (secondary N) is 2. The Morgan fingerprint density at radius 1 is 1.29 bits per heavy atom.